The van der Waals surface area contributed by atoms with Crippen LogP contribution in [0.3, 0.4) is 0 Å². The van der Waals surface area contributed by atoms with Crippen molar-refractivity contribution in [3.8, 4) is 5.75 Å². The van der Waals surface area contributed by atoms with Crippen LogP contribution in [0.2, 0.25) is 0 Å². The molecule has 0 radical (unpaired) electrons. The second-order valence-electron chi connectivity index (χ2n) is 5.47. The van der Waals surface area contributed by atoms with Gasteiger partial charge >= 0.3 is 0 Å². The van der Waals surface area contributed by atoms with Gasteiger partial charge in [0.05, 0.1) is 19.4 Å². The molecular weight excluding hydrogens is 252 g/mol. The molecule has 0 fully saturated rings. The van der Waals surface area contributed by atoms with Gasteiger partial charge in [0, 0.05) is 5.92 Å². The summed E-state index contributed by atoms with van der Waals surface area (Å²) in [7, 11) is 0. The van der Waals surface area contributed by atoms with Crippen molar-refractivity contribution < 1.29 is 9.84 Å². The van der Waals surface area contributed by atoms with Crippen LogP contribution in [0.1, 0.15) is 76.7 Å². The highest BCUT2D eigenvalue weighted by Gasteiger charge is 2.09. The Balaban J connectivity index is 2.36. The first kappa shape index (κ1) is 16.9. The van der Waals surface area contributed by atoms with Gasteiger partial charge in [-0.25, -0.2) is 9.97 Å². The minimum Gasteiger partial charge on any atom is -0.490 e. The number of nitrogens with zero attached hydrogens (tertiary/aromatic N) is 2. The van der Waals surface area contributed by atoms with E-state index in [1.807, 2.05) is 13.8 Å². The Morgan fingerprint density at radius 2 is 1.85 bits per heavy atom. The van der Waals surface area contributed by atoms with E-state index in [-0.39, 0.29) is 12.5 Å². The molecule has 0 aliphatic carbocycles. The Bertz CT molecular complexity index is 381. The van der Waals surface area contributed by atoms with Gasteiger partial charge in [-0.2, -0.15) is 0 Å². The van der Waals surface area contributed by atoms with Gasteiger partial charge in [-0.3, -0.25) is 0 Å². The Hall–Kier alpha value is -1.16. The van der Waals surface area contributed by atoms with Gasteiger partial charge in [-0.05, 0) is 6.42 Å². The lowest BCUT2D eigenvalue weighted by molar-refractivity contribution is 0.252. The van der Waals surface area contributed by atoms with E-state index in [1.54, 1.807) is 6.20 Å². The van der Waals surface area contributed by atoms with Crippen LogP contribution in [0.25, 0.3) is 0 Å². The lowest BCUT2D eigenvalue weighted by Gasteiger charge is -2.11. The first-order valence-electron chi connectivity index (χ1n) is 7.78. The molecule has 0 atom stereocenters. The van der Waals surface area contributed by atoms with E-state index in [9.17, 15) is 5.11 Å². The van der Waals surface area contributed by atoms with Crippen molar-refractivity contribution in [1.82, 2.24) is 9.97 Å². The van der Waals surface area contributed by atoms with Gasteiger partial charge < -0.3 is 9.84 Å². The van der Waals surface area contributed by atoms with Gasteiger partial charge in [-0.1, -0.05) is 52.9 Å². The zero-order valence-electron chi connectivity index (χ0n) is 13.1. The van der Waals surface area contributed by atoms with Crippen LogP contribution >= 0.6 is 0 Å². The van der Waals surface area contributed by atoms with E-state index in [2.05, 4.69) is 16.9 Å². The molecule has 0 aliphatic rings. The number of aromatic nitrogens is 2. The second kappa shape index (κ2) is 9.70. The number of aliphatic hydroxyl groups excluding tert-OH is 1. The standard InChI is InChI=1S/C16H28N2O2/c1-4-5-6-7-8-9-10-20-15-11-17-16(13(2)3)18-14(15)12-19/h11,13,19H,4-10,12H2,1-3H3. The van der Waals surface area contributed by atoms with Crippen molar-refractivity contribution >= 4 is 0 Å². The van der Waals surface area contributed by atoms with Crippen LogP contribution in [0.5, 0.6) is 5.75 Å². The van der Waals surface area contributed by atoms with Crippen molar-refractivity contribution in [3.05, 3.63) is 17.7 Å². The number of aliphatic hydroxyl groups is 1. The monoisotopic (exact) mass is 280 g/mol. The predicted octanol–water partition coefficient (Wildman–Crippen LogP) is 3.83. The van der Waals surface area contributed by atoms with Gasteiger partial charge in [0.15, 0.2) is 5.75 Å². The molecule has 1 N–H and O–H groups in total. The predicted molar refractivity (Wildman–Crippen MR) is 80.9 cm³/mol. The molecule has 0 amide bonds. The topological polar surface area (TPSA) is 55.2 Å². The molecule has 0 aliphatic heterocycles. The van der Waals surface area contributed by atoms with Crippen LogP contribution in [0.4, 0.5) is 0 Å². The normalized spacial score (nSPS) is 11.1. The van der Waals surface area contributed by atoms with Crippen molar-refractivity contribution in [2.45, 2.75) is 71.8 Å². The van der Waals surface area contributed by atoms with E-state index in [0.717, 1.165) is 12.2 Å². The number of unbranched alkanes of at least 4 members (excludes halogenated alkanes) is 5. The Morgan fingerprint density at radius 1 is 1.15 bits per heavy atom. The Labute approximate surface area is 122 Å². The van der Waals surface area contributed by atoms with E-state index in [4.69, 9.17) is 4.74 Å². The molecule has 1 aromatic rings. The van der Waals surface area contributed by atoms with Crippen LogP contribution < -0.4 is 4.74 Å². The van der Waals surface area contributed by atoms with E-state index >= 15 is 0 Å². The van der Waals surface area contributed by atoms with Crippen molar-refractivity contribution in [1.29, 1.82) is 0 Å². The van der Waals surface area contributed by atoms with Crippen LogP contribution in [0.15, 0.2) is 6.20 Å². The highest BCUT2D eigenvalue weighted by atomic mass is 16.5. The highest BCUT2D eigenvalue weighted by Crippen LogP contribution is 2.19. The maximum absolute atomic E-state index is 9.35. The van der Waals surface area contributed by atoms with E-state index in [1.165, 1.54) is 32.1 Å². The van der Waals surface area contributed by atoms with Gasteiger partial charge in [-0.15, -0.1) is 0 Å². The van der Waals surface area contributed by atoms with E-state index < -0.39 is 0 Å². The summed E-state index contributed by atoms with van der Waals surface area (Å²) >= 11 is 0. The maximum atomic E-state index is 9.35. The minimum atomic E-state index is -0.103. The SMILES string of the molecule is CCCCCCCCOc1cnc(C(C)C)nc1CO. The molecule has 0 saturated heterocycles. The third-order valence-electron chi connectivity index (χ3n) is 3.27. The molecule has 114 valence electrons. The van der Waals surface area contributed by atoms with Crippen molar-refractivity contribution in [3.63, 3.8) is 0 Å². The van der Waals surface area contributed by atoms with Crippen LogP contribution in [-0.2, 0) is 6.61 Å². The zero-order chi connectivity index (χ0) is 14.8. The molecule has 4 heteroatoms. The number of hydrogen-bond acceptors (Lipinski definition) is 4. The van der Waals surface area contributed by atoms with Gasteiger partial charge in [0.1, 0.15) is 11.5 Å². The zero-order valence-corrected chi connectivity index (χ0v) is 13.1. The van der Waals surface area contributed by atoms with Gasteiger partial charge in [0.2, 0.25) is 0 Å². The molecule has 0 saturated carbocycles. The molecule has 1 rings (SSSR count). The smallest absolute Gasteiger partial charge is 0.161 e. The fraction of sp³-hybridized carbons (Fsp3) is 0.750. The largest absolute Gasteiger partial charge is 0.490 e. The third-order valence-corrected chi connectivity index (χ3v) is 3.27. The number of ether oxygens (including phenoxy) is 1. The summed E-state index contributed by atoms with van der Waals surface area (Å²) in [6, 6.07) is 0. The molecule has 1 aromatic heterocycles. The Morgan fingerprint density at radius 3 is 2.50 bits per heavy atom. The van der Waals surface area contributed by atoms with Crippen molar-refractivity contribution in [2.24, 2.45) is 0 Å². The van der Waals surface area contributed by atoms with Crippen molar-refractivity contribution in [2.75, 3.05) is 6.61 Å². The summed E-state index contributed by atoms with van der Waals surface area (Å²) in [5.74, 6) is 1.62. The van der Waals surface area contributed by atoms with E-state index in [0.29, 0.717) is 18.1 Å². The lowest BCUT2D eigenvalue weighted by Crippen LogP contribution is -2.06. The summed E-state index contributed by atoms with van der Waals surface area (Å²) in [4.78, 5) is 8.62. The average molecular weight is 280 g/mol. The lowest BCUT2D eigenvalue weighted by atomic mass is 10.1. The first-order valence-corrected chi connectivity index (χ1v) is 7.78. The Kier molecular flexibility index (Phi) is 8.19. The maximum Gasteiger partial charge on any atom is 0.161 e. The highest BCUT2D eigenvalue weighted by molar-refractivity contribution is 5.24. The summed E-state index contributed by atoms with van der Waals surface area (Å²) in [6.07, 6.45) is 9.10. The molecule has 20 heavy (non-hydrogen) atoms. The molecule has 4 nitrogen and oxygen atoms in total. The quantitative estimate of drug-likeness (QED) is 0.662. The van der Waals surface area contributed by atoms with Crippen LogP contribution in [0, 0.1) is 0 Å². The average Bonchev–Trinajstić information content (AvgIpc) is 2.46. The first-order chi connectivity index (χ1) is 9.69. The third kappa shape index (κ3) is 5.87. The molecule has 0 spiro atoms. The molecule has 0 unspecified atom stereocenters. The summed E-state index contributed by atoms with van der Waals surface area (Å²) in [5.41, 5.74) is 0.592. The molecule has 0 aromatic carbocycles. The second-order valence-corrected chi connectivity index (χ2v) is 5.47. The fourth-order valence-corrected chi connectivity index (χ4v) is 2.00. The molecular formula is C16H28N2O2. The molecule has 0 bridgehead atoms. The van der Waals surface area contributed by atoms with Crippen LogP contribution in [-0.4, -0.2) is 21.7 Å². The van der Waals surface area contributed by atoms with Gasteiger partial charge in [0.25, 0.3) is 0 Å². The fourth-order valence-electron chi connectivity index (χ4n) is 2.00. The molecule has 1 heterocycles. The summed E-state index contributed by atoms with van der Waals surface area (Å²) < 4.78 is 5.68. The summed E-state index contributed by atoms with van der Waals surface area (Å²) in [5, 5.41) is 9.35. The summed E-state index contributed by atoms with van der Waals surface area (Å²) in [6.45, 7) is 6.86. The number of rotatable bonds is 10. The number of hydrogen-bond donors (Lipinski definition) is 1. The minimum absolute atomic E-state index is 0.103.